The van der Waals surface area contributed by atoms with E-state index in [2.05, 4.69) is 187 Å². The molecule has 0 saturated heterocycles. The van der Waals surface area contributed by atoms with Crippen molar-refractivity contribution in [1.82, 2.24) is 4.57 Å². The molecular formula is C44H30N2. The summed E-state index contributed by atoms with van der Waals surface area (Å²) in [5, 5.41) is 2.38. The number of hydrogen-bond acceptors (Lipinski definition) is 1. The summed E-state index contributed by atoms with van der Waals surface area (Å²) >= 11 is 0. The first-order chi connectivity index (χ1) is 22.8. The van der Waals surface area contributed by atoms with E-state index in [0.29, 0.717) is 0 Å². The molecule has 8 aromatic rings. The summed E-state index contributed by atoms with van der Waals surface area (Å²) < 4.78 is 2.40. The van der Waals surface area contributed by atoms with Gasteiger partial charge in [-0.2, -0.15) is 0 Å². The van der Waals surface area contributed by atoms with E-state index in [4.69, 9.17) is 4.99 Å². The smallest absolute Gasteiger partial charge is 0.0901 e. The van der Waals surface area contributed by atoms with Crippen molar-refractivity contribution < 1.29 is 0 Å². The molecule has 7 aromatic carbocycles. The minimum absolute atomic E-state index is 0.580. The molecular weight excluding hydrogens is 556 g/mol. The number of rotatable bonds is 5. The van der Waals surface area contributed by atoms with Crippen molar-refractivity contribution in [3.63, 3.8) is 0 Å². The minimum Gasteiger partial charge on any atom is -0.309 e. The molecule has 1 aliphatic rings. The van der Waals surface area contributed by atoms with Crippen LogP contribution < -0.4 is 0 Å². The highest BCUT2D eigenvalue weighted by Gasteiger charge is 2.48. The Morgan fingerprint density at radius 2 is 1.00 bits per heavy atom. The van der Waals surface area contributed by atoms with Crippen LogP contribution >= 0.6 is 0 Å². The number of benzene rings is 7. The van der Waals surface area contributed by atoms with Crippen LogP contribution in [0.3, 0.4) is 0 Å². The first kappa shape index (κ1) is 26.4. The van der Waals surface area contributed by atoms with Crippen LogP contribution in [0.2, 0.25) is 0 Å². The number of para-hydroxylation sites is 1. The van der Waals surface area contributed by atoms with Gasteiger partial charge in [-0.1, -0.05) is 158 Å². The number of fused-ring (bicyclic) bond motifs is 5. The van der Waals surface area contributed by atoms with E-state index in [9.17, 15) is 0 Å². The van der Waals surface area contributed by atoms with E-state index in [1.54, 1.807) is 0 Å². The predicted molar refractivity (Wildman–Crippen MR) is 192 cm³/mol. The van der Waals surface area contributed by atoms with Gasteiger partial charge in [0.25, 0.3) is 0 Å². The molecule has 1 aliphatic heterocycles. The van der Waals surface area contributed by atoms with Crippen molar-refractivity contribution >= 4 is 33.2 Å². The number of nitrogens with zero attached hydrogens (tertiary/aromatic N) is 2. The Morgan fingerprint density at radius 3 is 1.67 bits per heavy atom. The van der Waals surface area contributed by atoms with Crippen LogP contribution in [-0.2, 0) is 5.41 Å². The lowest BCUT2D eigenvalue weighted by molar-refractivity contribution is 0.852. The van der Waals surface area contributed by atoms with E-state index < -0.39 is 5.41 Å². The molecule has 0 unspecified atom stereocenters. The molecule has 46 heavy (non-hydrogen) atoms. The van der Waals surface area contributed by atoms with Crippen LogP contribution in [0.1, 0.15) is 22.3 Å². The van der Waals surface area contributed by atoms with E-state index in [-0.39, 0.29) is 0 Å². The molecule has 2 nitrogen and oxygen atoms in total. The monoisotopic (exact) mass is 586 g/mol. The second-order valence-electron chi connectivity index (χ2n) is 11.9. The maximum atomic E-state index is 5.68. The lowest BCUT2D eigenvalue weighted by Crippen LogP contribution is -2.36. The Morgan fingerprint density at radius 1 is 0.435 bits per heavy atom. The van der Waals surface area contributed by atoms with Gasteiger partial charge in [0, 0.05) is 16.5 Å². The highest BCUT2D eigenvalue weighted by atomic mass is 15.0. The topological polar surface area (TPSA) is 17.3 Å². The van der Waals surface area contributed by atoms with Gasteiger partial charge in [0.15, 0.2) is 0 Å². The molecule has 216 valence electrons. The highest BCUT2D eigenvalue weighted by Crippen LogP contribution is 2.54. The van der Waals surface area contributed by atoms with Crippen molar-refractivity contribution in [1.29, 1.82) is 0 Å². The largest absolute Gasteiger partial charge is 0.309 e. The summed E-state index contributed by atoms with van der Waals surface area (Å²) in [6, 6.07) is 65.3. The van der Waals surface area contributed by atoms with Crippen LogP contribution in [0.4, 0.5) is 5.69 Å². The predicted octanol–water partition coefficient (Wildman–Crippen LogP) is 10.9. The van der Waals surface area contributed by atoms with Crippen molar-refractivity contribution in [3.05, 3.63) is 204 Å². The van der Waals surface area contributed by atoms with Crippen molar-refractivity contribution in [2.24, 2.45) is 4.99 Å². The van der Waals surface area contributed by atoms with E-state index in [1.165, 1.54) is 44.1 Å². The highest BCUT2D eigenvalue weighted by molar-refractivity contribution is 6.23. The van der Waals surface area contributed by atoms with E-state index in [1.807, 2.05) is 0 Å². The minimum atomic E-state index is -0.580. The molecule has 0 amide bonds. The van der Waals surface area contributed by atoms with E-state index in [0.717, 1.165) is 28.2 Å². The molecule has 9 rings (SSSR count). The average Bonchev–Trinajstić information content (AvgIpc) is 3.67. The Kier molecular flexibility index (Phi) is 6.07. The number of aromatic nitrogens is 1. The lowest BCUT2D eigenvalue weighted by Gasteiger charge is -2.34. The van der Waals surface area contributed by atoms with Gasteiger partial charge in [0.05, 0.1) is 27.8 Å². The van der Waals surface area contributed by atoms with Crippen molar-refractivity contribution in [3.8, 4) is 16.8 Å². The molecule has 0 atom stereocenters. The normalized spacial score (nSPS) is 13.5. The van der Waals surface area contributed by atoms with Gasteiger partial charge >= 0.3 is 0 Å². The lowest BCUT2D eigenvalue weighted by atomic mass is 9.65. The third-order valence-electron chi connectivity index (χ3n) is 9.47. The number of aliphatic imine (C=N–C) groups is 1. The molecule has 1 aromatic heterocycles. The Labute approximate surface area is 268 Å². The fourth-order valence-corrected chi connectivity index (χ4v) is 7.52. The van der Waals surface area contributed by atoms with Gasteiger partial charge < -0.3 is 4.57 Å². The Balaban J connectivity index is 1.39. The van der Waals surface area contributed by atoms with Crippen molar-refractivity contribution in [2.75, 3.05) is 0 Å². The van der Waals surface area contributed by atoms with Gasteiger partial charge in [-0.3, -0.25) is 4.99 Å². The SMILES string of the molecule is c1ccc(C2=Nc3c(ccc4c3c3ccccc3n4-c3cccc(-c4ccccc4)c3)C2(c2ccccc2)c2ccccc2)cc1. The molecule has 0 bridgehead atoms. The zero-order valence-corrected chi connectivity index (χ0v) is 25.2. The van der Waals surface area contributed by atoms with Gasteiger partial charge in [0.1, 0.15) is 0 Å². The fraction of sp³-hybridized carbons (Fsp3) is 0.0227. The van der Waals surface area contributed by atoms with Gasteiger partial charge in [-0.15, -0.1) is 0 Å². The molecule has 0 N–H and O–H groups in total. The average molecular weight is 587 g/mol. The Bertz CT molecular complexity index is 2350. The van der Waals surface area contributed by atoms with Crippen molar-refractivity contribution in [2.45, 2.75) is 5.41 Å². The van der Waals surface area contributed by atoms with Gasteiger partial charge in [-0.05, 0) is 57.6 Å². The molecule has 0 aliphatic carbocycles. The summed E-state index contributed by atoms with van der Waals surface area (Å²) in [5.41, 5.74) is 12.1. The first-order valence-electron chi connectivity index (χ1n) is 15.8. The van der Waals surface area contributed by atoms with Crippen LogP contribution in [0.15, 0.2) is 187 Å². The summed E-state index contributed by atoms with van der Waals surface area (Å²) in [5.74, 6) is 0. The molecule has 0 spiro atoms. The number of hydrogen-bond donors (Lipinski definition) is 0. The second kappa shape index (κ2) is 10.6. The van der Waals surface area contributed by atoms with Crippen LogP contribution in [0.25, 0.3) is 38.6 Å². The third-order valence-corrected chi connectivity index (χ3v) is 9.47. The maximum Gasteiger partial charge on any atom is 0.0901 e. The molecule has 2 heteroatoms. The summed E-state index contributed by atoms with van der Waals surface area (Å²) in [7, 11) is 0. The first-order valence-corrected chi connectivity index (χ1v) is 15.8. The second-order valence-corrected chi connectivity index (χ2v) is 11.9. The fourth-order valence-electron chi connectivity index (χ4n) is 7.52. The third kappa shape index (κ3) is 3.87. The molecule has 0 radical (unpaired) electrons. The summed E-state index contributed by atoms with van der Waals surface area (Å²) in [6.45, 7) is 0. The van der Waals surface area contributed by atoms with Gasteiger partial charge in [-0.25, -0.2) is 0 Å². The van der Waals surface area contributed by atoms with Crippen LogP contribution in [-0.4, -0.2) is 10.3 Å². The van der Waals surface area contributed by atoms with E-state index >= 15 is 0 Å². The summed E-state index contributed by atoms with van der Waals surface area (Å²) in [4.78, 5) is 5.68. The van der Waals surface area contributed by atoms with Gasteiger partial charge in [0.2, 0.25) is 0 Å². The van der Waals surface area contributed by atoms with Crippen LogP contribution in [0, 0.1) is 0 Å². The molecule has 0 saturated carbocycles. The quantitative estimate of drug-likeness (QED) is 0.191. The standard InChI is InChI=1S/C44H30N2/c1-5-16-31(17-6-1)33-20-15-25-36(30-33)46-39-27-14-13-26-37(39)41-40(46)29-28-38-42(41)45-43(32-18-7-2-8-19-32)44(38,34-21-9-3-10-22-34)35-23-11-4-12-24-35/h1-30H. The zero-order chi connectivity index (χ0) is 30.5. The summed E-state index contributed by atoms with van der Waals surface area (Å²) in [6.07, 6.45) is 0. The molecule has 0 fully saturated rings. The maximum absolute atomic E-state index is 5.68. The molecule has 2 heterocycles. The Hall–Kier alpha value is -5.99. The van der Waals surface area contributed by atoms with Crippen LogP contribution in [0.5, 0.6) is 0 Å². The zero-order valence-electron chi connectivity index (χ0n) is 25.2.